The molecule has 1 atom stereocenters. The number of aliphatic hydroxyl groups excluding tert-OH is 1. The van der Waals surface area contributed by atoms with E-state index in [0.29, 0.717) is 16.8 Å². The van der Waals surface area contributed by atoms with Crippen LogP contribution >= 0.6 is 11.6 Å². The molecule has 0 saturated heterocycles. The van der Waals surface area contributed by atoms with Gasteiger partial charge in [0.1, 0.15) is 30.5 Å². The van der Waals surface area contributed by atoms with Crippen molar-refractivity contribution in [2.45, 2.75) is 32.6 Å². The fraction of sp³-hybridized carbons (Fsp3) is 0.286. The number of ether oxygens (including phenoxy) is 1. The molecule has 3 N–H and O–H groups in total. The molecule has 194 valence electrons. The summed E-state index contributed by atoms with van der Waals surface area (Å²) >= 11 is 5.83. The van der Waals surface area contributed by atoms with Crippen LogP contribution in [0.4, 0.5) is 27.6 Å². The molecule has 9 nitrogen and oxygen atoms in total. The number of nitrogens with one attached hydrogen (secondary N) is 1. The summed E-state index contributed by atoms with van der Waals surface area (Å²) in [5.74, 6) is -5.75. The van der Waals surface area contributed by atoms with Gasteiger partial charge >= 0.3 is 5.69 Å². The van der Waals surface area contributed by atoms with E-state index in [9.17, 15) is 37.4 Å². The van der Waals surface area contributed by atoms with Crippen molar-refractivity contribution in [3.8, 4) is 17.2 Å². The normalized spacial score (nSPS) is 12.1. The van der Waals surface area contributed by atoms with Gasteiger partial charge in [-0.3, -0.25) is 9.36 Å². The lowest BCUT2D eigenvalue weighted by molar-refractivity contribution is -0.00159. The van der Waals surface area contributed by atoms with Crippen molar-refractivity contribution in [3.63, 3.8) is 0 Å². The van der Waals surface area contributed by atoms with Gasteiger partial charge in [0.05, 0.1) is 16.3 Å². The van der Waals surface area contributed by atoms with Gasteiger partial charge in [-0.1, -0.05) is 11.6 Å². The van der Waals surface area contributed by atoms with Crippen molar-refractivity contribution in [1.82, 2.24) is 14.3 Å². The Balaban J connectivity index is 2.17. The molecule has 1 amide bonds. The number of rotatable bonds is 9. The number of nitrogens with zero attached hydrogens (tertiary/aromatic N) is 3. The number of aromatic nitrogens is 3. The van der Waals surface area contributed by atoms with Crippen LogP contribution in [-0.2, 0) is 13.2 Å². The summed E-state index contributed by atoms with van der Waals surface area (Å²) in [6, 6.07) is 3.08. The molecule has 36 heavy (non-hydrogen) atoms. The largest absolute Gasteiger partial charge is 0.505 e. The summed E-state index contributed by atoms with van der Waals surface area (Å²) in [5.41, 5.74) is -3.08. The molecule has 15 heteroatoms. The van der Waals surface area contributed by atoms with Crippen LogP contribution in [0.15, 0.2) is 29.1 Å². The number of benzene rings is 2. The average molecular weight is 537 g/mol. The third-order valence-electron chi connectivity index (χ3n) is 4.94. The minimum Gasteiger partial charge on any atom is -0.505 e. The van der Waals surface area contributed by atoms with E-state index in [1.54, 1.807) is 6.92 Å². The molecule has 0 aliphatic rings. The number of amides is 1. The van der Waals surface area contributed by atoms with Crippen LogP contribution in [0.25, 0.3) is 5.69 Å². The SMILES string of the molecule is CCn1c(CO)nn(-c2cc(O[C@@H](CF)C(F)F)c(C(=O)Nc3c(Cl)ccc(O)c3F)cc2F)c1=O. The number of alkyl halides is 3. The summed E-state index contributed by atoms with van der Waals surface area (Å²) in [6.07, 6.45) is -5.74. The van der Waals surface area contributed by atoms with Crippen LogP contribution in [-0.4, -0.2) is 49.7 Å². The zero-order valence-electron chi connectivity index (χ0n) is 18.3. The summed E-state index contributed by atoms with van der Waals surface area (Å²) in [6.45, 7) is -0.790. The number of anilines is 1. The summed E-state index contributed by atoms with van der Waals surface area (Å²) in [5, 5.41) is 24.3. The molecule has 0 spiro atoms. The molecule has 0 bridgehead atoms. The lowest BCUT2D eigenvalue weighted by Gasteiger charge is -2.19. The van der Waals surface area contributed by atoms with Crippen LogP contribution in [0.1, 0.15) is 23.1 Å². The highest BCUT2D eigenvalue weighted by molar-refractivity contribution is 6.34. The monoisotopic (exact) mass is 536 g/mol. The van der Waals surface area contributed by atoms with Gasteiger partial charge in [0.15, 0.2) is 23.5 Å². The second kappa shape index (κ2) is 11.0. The Morgan fingerprint density at radius 1 is 1.28 bits per heavy atom. The molecular formula is C21H18ClF5N4O5. The molecule has 0 aliphatic heterocycles. The van der Waals surface area contributed by atoms with Crippen LogP contribution in [0.2, 0.25) is 5.02 Å². The van der Waals surface area contributed by atoms with Crippen LogP contribution in [0, 0.1) is 11.6 Å². The van der Waals surface area contributed by atoms with Crippen LogP contribution in [0.5, 0.6) is 11.5 Å². The van der Waals surface area contributed by atoms with Crippen molar-refractivity contribution in [1.29, 1.82) is 0 Å². The third kappa shape index (κ3) is 5.14. The van der Waals surface area contributed by atoms with E-state index in [2.05, 4.69) is 5.10 Å². The Morgan fingerprint density at radius 2 is 1.97 bits per heavy atom. The average Bonchev–Trinajstić information content (AvgIpc) is 3.17. The standard InChI is InChI=1S/C21H18ClF5N4O5/c1-2-30-16(8-32)29-31(21(30)35)12-6-14(36-15(7-23)19(26)27)9(5-11(12)24)20(34)28-18-10(22)3-4-13(33)17(18)25/h3-6,15,19,32-33H,2,7-8H2,1H3,(H,28,34)/t15-/m0/s1. The number of phenols is 1. The Labute approximate surface area is 204 Å². The van der Waals surface area contributed by atoms with E-state index >= 15 is 4.39 Å². The Hall–Kier alpha value is -3.65. The molecule has 0 unspecified atom stereocenters. The van der Waals surface area contributed by atoms with Gasteiger partial charge in [0, 0.05) is 12.6 Å². The van der Waals surface area contributed by atoms with E-state index in [1.807, 2.05) is 5.32 Å². The molecule has 2 aromatic carbocycles. The van der Waals surface area contributed by atoms with Crippen molar-refractivity contribution < 1.29 is 41.7 Å². The van der Waals surface area contributed by atoms with E-state index in [-0.39, 0.29) is 17.4 Å². The topological polar surface area (TPSA) is 119 Å². The first-order chi connectivity index (χ1) is 17.0. The van der Waals surface area contributed by atoms with Crippen molar-refractivity contribution in [3.05, 3.63) is 62.8 Å². The second-order valence-electron chi connectivity index (χ2n) is 7.17. The maximum absolute atomic E-state index is 15.1. The highest BCUT2D eigenvalue weighted by Crippen LogP contribution is 2.33. The maximum Gasteiger partial charge on any atom is 0.350 e. The van der Waals surface area contributed by atoms with Gasteiger partial charge in [-0.2, -0.15) is 4.68 Å². The highest BCUT2D eigenvalue weighted by atomic mass is 35.5. The number of hydrogen-bond donors (Lipinski definition) is 3. The molecule has 0 fully saturated rings. The Bertz CT molecular complexity index is 1350. The lowest BCUT2D eigenvalue weighted by atomic mass is 10.1. The van der Waals surface area contributed by atoms with Gasteiger partial charge in [-0.05, 0) is 25.1 Å². The molecule has 0 aliphatic carbocycles. The van der Waals surface area contributed by atoms with Crippen molar-refractivity contribution in [2.75, 3.05) is 12.0 Å². The minimum atomic E-state index is -3.36. The zero-order chi connectivity index (χ0) is 26.7. The molecule has 1 heterocycles. The lowest BCUT2D eigenvalue weighted by Crippen LogP contribution is -2.29. The second-order valence-corrected chi connectivity index (χ2v) is 7.57. The summed E-state index contributed by atoms with van der Waals surface area (Å²) in [4.78, 5) is 25.4. The molecular weight excluding hydrogens is 519 g/mol. The number of phenolic OH excluding ortho intramolecular Hbond substituents is 1. The summed E-state index contributed by atoms with van der Waals surface area (Å²) in [7, 11) is 0. The Morgan fingerprint density at radius 3 is 2.53 bits per heavy atom. The van der Waals surface area contributed by atoms with E-state index in [0.717, 1.165) is 16.7 Å². The fourth-order valence-electron chi connectivity index (χ4n) is 3.16. The fourth-order valence-corrected chi connectivity index (χ4v) is 3.35. The first-order valence-electron chi connectivity index (χ1n) is 10.2. The highest BCUT2D eigenvalue weighted by Gasteiger charge is 2.28. The first-order valence-corrected chi connectivity index (χ1v) is 10.5. The smallest absolute Gasteiger partial charge is 0.350 e. The van der Waals surface area contributed by atoms with Crippen LogP contribution < -0.4 is 15.7 Å². The van der Waals surface area contributed by atoms with Crippen molar-refractivity contribution >= 4 is 23.2 Å². The molecule has 0 radical (unpaired) electrons. The molecule has 3 rings (SSSR count). The van der Waals surface area contributed by atoms with Gasteiger partial charge in [-0.25, -0.2) is 26.7 Å². The van der Waals surface area contributed by atoms with Gasteiger partial charge < -0.3 is 20.3 Å². The minimum absolute atomic E-state index is 0.0474. The van der Waals surface area contributed by atoms with Crippen LogP contribution in [0.3, 0.4) is 0 Å². The summed E-state index contributed by atoms with van der Waals surface area (Å²) < 4.78 is 75.3. The molecule has 0 saturated carbocycles. The third-order valence-corrected chi connectivity index (χ3v) is 5.25. The van der Waals surface area contributed by atoms with E-state index in [1.165, 1.54) is 0 Å². The first kappa shape index (κ1) is 26.9. The van der Waals surface area contributed by atoms with E-state index < -0.39 is 77.5 Å². The number of halogens is 6. The predicted octanol–water partition coefficient (Wildman–Crippen LogP) is 3.42. The number of hydrogen-bond acceptors (Lipinski definition) is 6. The number of aliphatic hydroxyl groups is 1. The maximum atomic E-state index is 15.1. The predicted molar refractivity (Wildman–Crippen MR) is 117 cm³/mol. The molecule has 3 aromatic rings. The number of carbonyl (C=O) groups is 1. The van der Waals surface area contributed by atoms with Gasteiger partial charge in [0.2, 0.25) is 0 Å². The Kier molecular flexibility index (Phi) is 8.20. The van der Waals surface area contributed by atoms with Crippen molar-refractivity contribution in [2.24, 2.45) is 0 Å². The number of carbonyl (C=O) groups excluding carboxylic acids is 1. The van der Waals surface area contributed by atoms with Gasteiger partial charge in [0.25, 0.3) is 12.3 Å². The van der Waals surface area contributed by atoms with E-state index in [4.69, 9.17) is 16.3 Å². The molecule has 1 aromatic heterocycles. The number of aromatic hydroxyl groups is 1. The zero-order valence-corrected chi connectivity index (χ0v) is 19.1. The quantitative estimate of drug-likeness (QED) is 0.361. The van der Waals surface area contributed by atoms with Gasteiger partial charge in [-0.15, -0.1) is 5.10 Å².